The third kappa shape index (κ3) is 2.56. The first-order valence-corrected chi connectivity index (χ1v) is 6.03. The number of benzene rings is 1. The van der Waals surface area contributed by atoms with Gasteiger partial charge in [-0.1, -0.05) is 23.7 Å². The lowest BCUT2D eigenvalue weighted by Gasteiger charge is -2.26. The van der Waals surface area contributed by atoms with Crippen LogP contribution >= 0.6 is 11.6 Å². The van der Waals surface area contributed by atoms with Crippen molar-refractivity contribution < 1.29 is 9.90 Å². The van der Waals surface area contributed by atoms with E-state index in [9.17, 15) is 4.79 Å². The minimum atomic E-state index is -0.649. The molecular formula is C13H15ClO2. The summed E-state index contributed by atoms with van der Waals surface area (Å²) >= 11 is 5.95. The van der Waals surface area contributed by atoms with Crippen molar-refractivity contribution in [3.8, 4) is 0 Å². The molecule has 0 spiro atoms. The Kier molecular flexibility index (Phi) is 3.49. The Hall–Kier alpha value is -1.02. The van der Waals surface area contributed by atoms with Crippen LogP contribution in [-0.2, 0) is 4.79 Å². The van der Waals surface area contributed by atoms with Crippen molar-refractivity contribution in [2.75, 3.05) is 0 Å². The zero-order chi connectivity index (χ0) is 11.5. The maximum absolute atomic E-state index is 10.8. The normalized spacial score (nSPS) is 25.3. The molecule has 0 atom stereocenters. The van der Waals surface area contributed by atoms with Gasteiger partial charge in [0.1, 0.15) is 0 Å². The molecule has 0 heterocycles. The Morgan fingerprint density at radius 1 is 1.25 bits per heavy atom. The van der Waals surface area contributed by atoms with Gasteiger partial charge < -0.3 is 5.11 Å². The Labute approximate surface area is 100 Å². The summed E-state index contributed by atoms with van der Waals surface area (Å²) in [7, 11) is 0. The van der Waals surface area contributed by atoms with Crippen LogP contribution in [0, 0.1) is 5.92 Å². The largest absolute Gasteiger partial charge is 0.481 e. The van der Waals surface area contributed by atoms with Gasteiger partial charge in [0.2, 0.25) is 0 Å². The van der Waals surface area contributed by atoms with Gasteiger partial charge >= 0.3 is 5.97 Å². The second-order valence-corrected chi connectivity index (χ2v) is 4.88. The predicted molar refractivity (Wildman–Crippen MR) is 63.8 cm³/mol. The van der Waals surface area contributed by atoms with E-state index in [0.717, 1.165) is 30.7 Å². The molecule has 1 aliphatic rings. The molecule has 2 rings (SSSR count). The summed E-state index contributed by atoms with van der Waals surface area (Å²) in [5, 5.41) is 9.68. The number of aliphatic carboxylic acids is 1. The van der Waals surface area contributed by atoms with Gasteiger partial charge in [-0.2, -0.15) is 0 Å². The van der Waals surface area contributed by atoms with Crippen LogP contribution in [0.3, 0.4) is 0 Å². The van der Waals surface area contributed by atoms with E-state index in [1.165, 1.54) is 5.56 Å². The molecule has 0 aromatic heterocycles. The minimum Gasteiger partial charge on any atom is -0.481 e. The summed E-state index contributed by atoms with van der Waals surface area (Å²) in [6.45, 7) is 0. The smallest absolute Gasteiger partial charge is 0.306 e. The van der Waals surface area contributed by atoms with E-state index in [2.05, 4.69) is 6.07 Å². The van der Waals surface area contributed by atoms with Gasteiger partial charge in [0, 0.05) is 5.02 Å². The zero-order valence-corrected chi connectivity index (χ0v) is 9.78. The third-order valence-electron chi connectivity index (χ3n) is 3.40. The molecule has 0 aliphatic heterocycles. The van der Waals surface area contributed by atoms with Crippen molar-refractivity contribution in [2.24, 2.45) is 5.92 Å². The molecule has 0 bridgehead atoms. The molecule has 16 heavy (non-hydrogen) atoms. The van der Waals surface area contributed by atoms with E-state index in [-0.39, 0.29) is 5.92 Å². The number of carboxylic acid groups (broad SMARTS) is 1. The molecule has 2 nitrogen and oxygen atoms in total. The van der Waals surface area contributed by atoms with Gasteiger partial charge in [-0.25, -0.2) is 0 Å². The highest BCUT2D eigenvalue weighted by Gasteiger charge is 2.26. The standard InChI is InChI=1S/C13H15ClO2/c14-12-3-1-2-11(8-12)9-4-6-10(7-5-9)13(15)16/h1-3,8-10H,4-7H2,(H,15,16). The molecule has 3 heteroatoms. The lowest BCUT2D eigenvalue weighted by atomic mass is 9.79. The molecule has 1 saturated carbocycles. The minimum absolute atomic E-state index is 0.143. The van der Waals surface area contributed by atoms with Crippen molar-refractivity contribution in [2.45, 2.75) is 31.6 Å². The number of halogens is 1. The topological polar surface area (TPSA) is 37.3 Å². The van der Waals surface area contributed by atoms with E-state index < -0.39 is 5.97 Å². The maximum atomic E-state index is 10.8. The van der Waals surface area contributed by atoms with Gasteiger partial charge in [-0.05, 0) is 49.3 Å². The van der Waals surface area contributed by atoms with Crippen molar-refractivity contribution in [1.29, 1.82) is 0 Å². The van der Waals surface area contributed by atoms with Crippen LogP contribution in [-0.4, -0.2) is 11.1 Å². The van der Waals surface area contributed by atoms with Crippen LogP contribution in [0.4, 0.5) is 0 Å². The van der Waals surface area contributed by atoms with Crippen LogP contribution in [0.25, 0.3) is 0 Å². The molecule has 1 N–H and O–H groups in total. The average Bonchev–Trinajstić information content (AvgIpc) is 2.29. The van der Waals surface area contributed by atoms with Crippen molar-refractivity contribution >= 4 is 17.6 Å². The summed E-state index contributed by atoms with van der Waals surface area (Å²) in [5.74, 6) is -0.311. The SMILES string of the molecule is O=C(O)C1CCC(c2cccc(Cl)c2)CC1. The number of carbonyl (C=O) groups is 1. The quantitative estimate of drug-likeness (QED) is 0.853. The van der Waals surface area contributed by atoms with Gasteiger partial charge in [0.25, 0.3) is 0 Å². The van der Waals surface area contributed by atoms with Crippen LogP contribution in [0.1, 0.15) is 37.2 Å². The highest BCUT2D eigenvalue weighted by molar-refractivity contribution is 6.30. The Morgan fingerprint density at radius 3 is 2.50 bits per heavy atom. The monoisotopic (exact) mass is 238 g/mol. The third-order valence-corrected chi connectivity index (χ3v) is 3.63. The maximum Gasteiger partial charge on any atom is 0.306 e. The summed E-state index contributed by atoms with van der Waals surface area (Å²) < 4.78 is 0. The van der Waals surface area contributed by atoms with Crippen LogP contribution in [0.5, 0.6) is 0 Å². The van der Waals surface area contributed by atoms with Gasteiger partial charge in [-0.3, -0.25) is 4.79 Å². The lowest BCUT2D eigenvalue weighted by molar-refractivity contribution is -0.142. The zero-order valence-electron chi connectivity index (χ0n) is 9.03. The second kappa shape index (κ2) is 4.88. The first-order chi connectivity index (χ1) is 7.66. The van der Waals surface area contributed by atoms with Gasteiger partial charge in [-0.15, -0.1) is 0 Å². The molecule has 1 aromatic carbocycles. The fourth-order valence-electron chi connectivity index (χ4n) is 2.43. The van der Waals surface area contributed by atoms with E-state index in [1.807, 2.05) is 18.2 Å². The highest BCUT2D eigenvalue weighted by Crippen LogP contribution is 2.36. The number of hydrogen-bond donors (Lipinski definition) is 1. The predicted octanol–water partition coefficient (Wildman–Crippen LogP) is 3.70. The van der Waals surface area contributed by atoms with Crippen molar-refractivity contribution in [3.05, 3.63) is 34.9 Å². The number of hydrogen-bond acceptors (Lipinski definition) is 1. The number of carboxylic acids is 1. The van der Waals surface area contributed by atoms with Crippen LogP contribution in [0.15, 0.2) is 24.3 Å². The summed E-state index contributed by atoms with van der Waals surface area (Å²) in [6, 6.07) is 7.90. The Bertz CT molecular complexity index is 381. The molecule has 1 aromatic rings. The van der Waals surface area contributed by atoms with Crippen molar-refractivity contribution in [1.82, 2.24) is 0 Å². The van der Waals surface area contributed by atoms with Crippen LogP contribution in [0.2, 0.25) is 5.02 Å². The van der Waals surface area contributed by atoms with E-state index >= 15 is 0 Å². The molecule has 0 amide bonds. The Balaban J connectivity index is 2.01. The fourth-order valence-corrected chi connectivity index (χ4v) is 2.63. The molecular weight excluding hydrogens is 224 g/mol. The lowest BCUT2D eigenvalue weighted by Crippen LogP contribution is -2.20. The molecule has 86 valence electrons. The van der Waals surface area contributed by atoms with E-state index in [4.69, 9.17) is 16.7 Å². The molecule has 0 unspecified atom stereocenters. The molecule has 1 aliphatic carbocycles. The Morgan fingerprint density at radius 2 is 1.94 bits per heavy atom. The summed E-state index contributed by atoms with van der Waals surface area (Å²) in [4.78, 5) is 10.8. The number of rotatable bonds is 2. The molecule has 1 fully saturated rings. The van der Waals surface area contributed by atoms with Gasteiger partial charge in [0.05, 0.1) is 5.92 Å². The molecule has 0 radical (unpaired) electrons. The first kappa shape index (κ1) is 11.5. The van der Waals surface area contributed by atoms with Gasteiger partial charge in [0.15, 0.2) is 0 Å². The highest BCUT2D eigenvalue weighted by atomic mass is 35.5. The molecule has 0 saturated heterocycles. The fraction of sp³-hybridized carbons (Fsp3) is 0.462. The first-order valence-electron chi connectivity index (χ1n) is 5.65. The average molecular weight is 239 g/mol. The summed E-state index contributed by atoms with van der Waals surface area (Å²) in [6.07, 6.45) is 3.48. The van der Waals surface area contributed by atoms with Crippen LogP contribution < -0.4 is 0 Å². The van der Waals surface area contributed by atoms with E-state index in [0.29, 0.717) is 5.92 Å². The summed E-state index contributed by atoms with van der Waals surface area (Å²) in [5.41, 5.74) is 1.25. The van der Waals surface area contributed by atoms with E-state index in [1.54, 1.807) is 0 Å². The van der Waals surface area contributed by atoms with Crippen molar-refractivity contribution in [3.63, 3.8) is 0 Å². The second-order valence-electron chi connectivity index (χ2n) is 4.44.